The van der Waals surface area contributed by atoms with Crippen LogP contribution in [0.15, 0.2) is 49.1 Å². The van der Waals surface area contributed by atoms with Crippen molar-refractivity contribution in [3.8, 4) is 0 Å². The molecule has 0 aliphatic heterocycles. The summed E-state index contributed by atoms with van der Waals surface area (Å²) in [6.45, 7) is 18.1. The van der Waals surface area contributed by atoms with Gasteiger partial charge in [-0.15, -0.1) is 13.2 Å². The van der Waals surface area contributed by atoms with Gasteiger partial charge in [0.2, 0.25) is 0 Å². The van der Waals surface area contributed by atoms with Crippen molar-refractivity contribution in [2.75, 3.05) is 6.61 Å². The third-order valence-corrected chi connectivity index (χ3v) is 1.53. The Morgan fingerprint density at radius 1 is 1.11 bits per heavy atom. The highest BCUT2D eigenvalue weighted by Gasteiger charge is 1.81. The summed E-state index contributed by atoms with van der Waals surface area (Å²) in [5, 5.41) is 8.65. The maximum absolute atomic E-state index is 8.65. The first kappa shape index (κ1) is 26.1. The lowest BCUT2D eigenvalue weighted by Gasteiger charge is -1.88. The van der Waals surface area contributed by atoms with Gasteiger partial charge in [-0.05, 0) is 19.4 Å². The molecule has 0 unspecified atom stereocenters. The third kappa shape index (κ3) is 36.1. The molecule has 0 saturated heterocycles. The number of hydrogen-bond donors (Lipinski definition) is 1. The largest absolute Gasteiger partial charge is 0.392 e. The Kier molecular flexibility index (Phi) is 43.3. The number of rotatable bonds is 4. The van der Waals surface area contributed by atoms with Gasteiger partial charge in [-0.25, -0.2) is 0 Å². The zero-order valence-electron chi connectivity index (χ0n) is 12.9. The Bertz CT molecular complexity index is 203. The standard InChI is InChI=1S/C10H15BrO.2C2H6.C2H4/c1-9(8-12)6-4-3-5-7-10(2)11;3*1-2/h3-7,10,12H,8H2,1-2H3;2*1-2H3;1-2H2/b4-3-,7-5+,9-6+;;;/t10-;;;/m0.../s1. The van der Waals surface area contributed by atoms with Crippen molar-refractivity contribution in [1.82, 2.24) is 0 Å². The number of aliphatic hydroxyl groups is 1. The molecule has 0 heterocycles. The fraction of sp³-hybridized carbons (Fsp3) is 0.500. The van der Waals surface area contributed by atoms with Crippen LogP contribution in [0.3, 0.4) is 0 Å². The molecule has 0 fully saturated rings. The first-order valence-electron chi connectivity index (χ1n) is 6.42. The van der Waals surface area contributed by atoms with Gasteiger partial charge in [0, 0.05) is 4.83 Å². The predicted molar refractivity (Wildman–Crippen MR) is 91.5 cm³/mol. The summed E-state index contributed by atoms with van der Waals surface area (Å²) < 4.78 is 0. The highest BCUT2D eigenvalue weighted by molar-refractivity contribution is 9.09. The summed E-state index contributed by atoms with van der Waals surface area (Å²) in [5.74, 6) is 0. The van der Waals surface area contributed by atoms with Crippen molar-refractivity contribution in [3.63, 3.8) is 0 Å². The van der Waals surface area contributed by atoms with E-state index in [1.54, 1.807) is 0 Å². The van der Waals surface area contributed by atoms with Crippen LogP contribution in [-0.4, -0.2) is 16.5 Å². The van der Waals surface area contributed by atoms with Gasteiger partial charge in [0.25, 0.3) is 0 Å². The minimum atomic E-state index is 0.128. The van der Waals surface area contributed by atoms with Gasteiger partial charge in [0.05, 0.1) is 6.61 Å². The summed E-state index contributed by atoms with van der Waals surface area (Å²) >= 11 is 3.39. The van der Waals surface area contributed by atoms with Crippen LogP contribution in [0.4, 0.5) is 0 Å². The smallest absolute Gasteiger partial charge is 0.0642 e. The van der Waals surface area contributed by atoms with Crippen molar-refractivity contribution < 1.29 is 5.11 Å². The van der Waals surface area contributed by atoms with Gasteiger partial charge in [0.15, 0.2) is 0 Å². The maximum atomic E-state index is 8.65. The molecule has 18 heavy (non-hydrogen) atoms. The van der Waals surface area contributed by atoms with E-state index in [2.05, 4.69) is 36.0 Å². The lowest BCUT2D eigenvalue weighted by atomic mass is 10.3. The molecule has 0 bridgehead atoms. The Labute approximate surface area is 123 Å². The van der Waals surface area contributed by atoms with Gasteiger partial charge in [-0.1, -0.05) is 74.0 Å². The van der Waals surface area contributed by atoms with Crippen molar-refractivity contribution in [1.29, 1.82) is 0 Å². The molecule has 0 aliphatic carbocycles. The van der Waals surface area contributed by atoms with Crippen LogP contribution in [0, 0.1) is 0 Å². The second-order valence-electron chi connectivity index (χ2n) is 2.62. The highest BCUT2D eigenvalue weighted by Crippen LogP contribution is 1.98. The highest BCUT2D eigenvalue weighted by atomic mass is 79.9. The first-order chi connectivity index (χ1) is 8.66. The van der Waals surface area contributed by atoms with Crippen molar-refractivity contribution in [2.24, 2.45) is 0 Å². The molecular weight excluding hydrogens is 288 g/mol. The molecule has 0 aromatic rings. The average molecular weight is 319 g/mol. The zero-order valence-corrected chi connectivity index (χ0v) is 14.5. The average Bonchev–Trinajstić information content (AvgIpc) is 2.44. The van der Waals surface area contributed by atoms with E-state index in [1.165, 1.54) is 0 Å². The normalized spacial score (nSPS) is 11.7. The van der Waals surface area contributed by atoms with Crippen LogP contribution < -0.4 is 0 Å². The van der Waals surface area contributed by atoms with E-state index in [1.807, 2.05) is 65.0 Å². The van der Waals surface area contributed by atoms with Crippen LogP contribution in [0.1, 0.15) is 41.5 Å². The van der Waals surface area contributed by atoms with Gasteiger partial charge in [0.1, 0.15) is 0 Å². The topological polar surface area (TPSA) is 20.2 Å². The van der Waals surface area contributed by atoms with E-state index in [4.69, 9.17) is 5.11 Å². The van der Waals surface area contributed by atoms with Gasteiger partial charge in [-0.3, -0.25) is 0 Å². The minimum absolute atomic E-state index is 0.128. The number of allylic oxidation sites excluding steroid dienone is 5. The number of halogens is 1. The second-order valence-corrected chi connectivity index (χ2v) is 4.06. The summed E-state index contributed by atoms with van der Waals surface area (Å²) in [7, 11) is 0. The van der Waals surface area contributed by atoms with Crippen LogP contribution in [0.25, 0.3) is 0 Å². The summed E-state index contributed by atoms with van der Waals surface area (Å²) in [4.78, 5) is 0.407. The van der Waals surface area contributed by atoms with E-state index < -0.39 is 0 Å². The van der Waals surface area contributed by atoms with Crippen LogP contribution in [-0.2, 0) is 0 Å². The van der Waals surface area contributed by atoms with Crippen molar-refractivity contribution >= 4 is 15.9 Å². The minimum Gasteiger partial charge on any atom is -0.392 e. The Hall–Kier alpha value is -0.600. The number of hydrogen-bond acceptors (Lipinski definition) is 1. The number of alkyl halides is 1. The van der Waals surface area contributed by atoms with E-state index >= 15 is 0 Å². The molecule has 0 radical (unpaired) electrons. The van der Waals surface area contributed by atoms with E-state index in [9.17, 15) is 0 Å². The molecule has 0 spiro atoms. The summed E-state index contributed by atoms with van der Waals surface area (Å²) in [6, 6.07) is 0. The van der Waals surface area contributed by atoms with Gasteiger partial charge < -0.3 is 5.11 Å². The monoisotopic (exact) mass is 318 g/mol. The second kappa shape index (κ2) is 29.9. The van der Waals surface area contributed by atoms with Crippen LogP contribution in [0.2, 0.25) is 0 Å². The Morgan fingerprint density at radius 2 is 1.56 bits per heavy atom. The van der Waals surface area contributed by atoms with E-state index in [0.29, 0.717) is 4.83 Å². The fourth-order valence-corrected chi connectivity index (χ4v) is 0.730. The Morgan fingerprint density at radius 3 is 1.89 bits per heavy atom. The lowest BCUT2D eigenvalue weighted by Crippen LogP contribution is -1.81. The predicted octanol–water partition coefficient (Wildman–Crippen LogP) is 5.68. The Balaban J connectivity index is -0.000000141. The summed E-state index contributed by atoms with van der Waals surface area (Å²) in [5.41, 5.74) is 0.964. The molecule has 0 amide bonds. The molecular formula is C16H31BrO. The SMILES string of the molecule is C=C.CC.CC.C\C(=C/C=C\C=C\[C@H](C)Br)CO. The van der Waals surface area contributed by atoms with Crippen molar-refractivity contribution in [3.05, 3.63) is 49.1 Å². The maximum Gasteiger partial charge on any atom is 0.0642 e. The molecule has 0 aliphatic rings. The molecule has 0 aromatic heterocycles. The third-order valence-electron chi connectivity index (χ3n) is 1.23. The van der Waals surface area contributed by atoms with E-state index in [0.717, 1.165) is 5.57 Å². The summed E-state index contributed by atoms with van der Waals surface area (Å²) in [6.07, 6.45) is 9.76. The lowest BCUT2D eigenvalue weighted by molar-refractivity contribution is 0.331. The number of aliphatic hydroxyl groups excluding tert-OH is 1. The molecule has 2 heteroatoms. The molecule has 1 nitrogen and oxygen atoms in total. The first-order valence-corrected chi connectivity index (χ1v) is 7.34. The van der Waals surface area contributed by atoms with Crippen molar-refractivity contribution in [2.45, 2.75) is 46.4 Å². The molecule has 1 N–H and O–H groups in total. The molecule has 0 aromatic carbocycles. The van der Waals surface area contributed by atoms with Gasteiger partial charge in [-0.2, -0.15) is 0 Å². The zero-order chi connectivity index (χ0) is 15.4. The van der Waals surface area contributed by atoms with E-state index in [-0.39, 0.29) is 6.61 Å². The molecule has 1 atom stereocenters. The van der Waals surface area contributed by atoms with Crippen LogP contribution >= 0.6 is 15.9 Å². The molecule has 108 valence electrons. The quantitative estimate of drug-likeness (QED) is 0.402. The molecule has 0 saturated carbocycles. The van der Waals surface area contributed by atoms with Gasteiger partial charge >= 0.3 is 0 Å². The van der Waals surface area contributed by atoms with Crippen LogP contribution in [0.5, 0.6) is 0 Å². The fourth-order valence-electron chi connectivity index (χ4n) is 0.554. The molecule has 0 rings (SSSR count).